The maximum Gasteiger partial charge on any atom is 0.325 e. The van der Waals surface area contributed by atoms with Gasteiger partial charge in [0.1, 0.15) is 22.8 Å². The van der Waals surface area contributed by atoms with Crippen LogP contribution in [-0.2, 0) is 21.5 Å². The fraction of sp³-hybridized carbons (Fsp3) is 0.353. The Morgan fingerprint density at radius 1 is 1.30 bits per heavy atom. The van der Waals surface area contributed by atoms with Crippen LogP contribution in [0.25, 0.3) is 0 Å². The van der Waals surface area contributed by atoms with Crippen molar-refractivity contribution in [2.24, 2.45) is 0 Å². The fourth-order valence-electron chi connectivity index (χ4n) is 2.71. The molecule has 10 heteroatoms. The third kappa shape index (κ3) is 3.61. The molecule has 0 bridgehead atoms. The highest BCUT2D eigenvalue weighted by atomic mass is 32.1. The first-order chi connectivity index (χ1) is 12.9. The van der Waals surface area contributed by atoms with Gasteiger partial charge in [-0.1, -0.05) is 30.4 Å². The summed E-state index contributed by atoms with van der Waals surface area (Å²) in [5, 5.41) is 14.1. The molecule has 2 aromatic rings. The van der Waals surface area contributed by atoms with Gasteiger partial charge in [0.25, 0.3) is 5.91 Å². The molecule has 1 fully saturated rings. The number of nitrogens with zero attached hydrogens (tertiary/aromatic N) is 3. The molecule has 27 heavy (non-hydrogen) atoms. The summed E-state index contributed by atoms with van der Waals surface area (Å²) in [6, 6.07) is 6.19. The molecule has 2 N–H and O–H groups in total. The molecule has 1 aromatic heterocycles. The minimum atomic E-state index is -1.25. The van der Waals surface area contributed by atoms with Crippen LogP contribution in [-0.4, -0.2) is 46.6 Å². The second-order valence-corrected chi connectivity index (χ2v) is 7.14. The van der Waals surface area contributed by atoms with E-state index in [4.69, 9.17) is 4.74 Å². The molecule has 4 amide bonds. The van der Waals surface area contributed by atoms with E-state index in [2.05, 4.69) is 20.8 Å². The Kier molecular flexibility index (Phi) is 5.08. The number of ether oxygens (including phenoxy) is 1. The Labute approximate surface area is 159 Å². The van der Waals surface area contributed by atoms with Crippen LogP contribution >= 0.6 is 11.3 Å². The highest BCUT2D eigenvalue weighted by molar-refractivity contribution is 7.15. The van der Waals surface area contributed by atoms with E-state index in [-0.39, 0.29) is 0 Å². The van der Waals surface area contributed by atoms with Crippen LogP contribution in [0.15, 0.2) is 24.3 Å². The van der Waals surface area contributed by atoms with Crippen LogP contribution in [0.5, 0.6) is 5.75 Å². The number of aryl methyl sites for hydroxylation is 1. The van der Waals surface area contributed by atoms with E-state index in [1.807, 2.05) is 6.92 Å². The maximum absolute atomic E-state index is 12.8. The monoisotopic (exact) mass is 389 g/mol. The number of urea groups is 1. The van der Waals surface area contributed by atoms with Crippen LogP contribution in [0.2, 0.25) is 0 Å². The molecule has 2 heterocycles. The van der Waals surface area contributed by atoms with Crippen LogP contribution < -0.4 is 15.4 Å². The Morgan fingerprint density at radius 3 is 2.59 bits per heavy atom. The first-order valence-corrected chi connectivity index (χ1v) is 9.10. The summed E-state index contributed by atoms with van der Waals surface area (Å²) >= 11 is 1.25. The lowest BCUT2D eigenvalue weighted by Crippen LogP contribution is -2.42. The smallest absolute Gasteiger partial charge is 0.325 e. The van der Waals surface area contributed by atoms with Crippen LogP contribution in [0.1, 0.15) is 24.4 Å². The van der Waals surface area contributed by atoms with Crippen molar-refractivity contribution >= 4 is 34.3 Å². The van der Waals surface area contributed by atoms with Crippen molar-refractivity contribution < 1.29 is 19.1 Å². The number of carbonyl (C=O) groups excluding carboxylic acids is 3. The number of nitrogens with one attached hydrogen (secondary N) is 2. The normalized spacial score (nSPS) is 19.1. The predicted molar refractivity (Wildman–Crippen MR) is 98.5 cm³/mol. The topological polar surface area (TPSA) is 114 Å². The van der Waals surface area contributed by atoms with Gasteiger partial charge in [-0.3, -0.25) is 19.8 Å². The summed E-state index contributed by atoms with van der Waals surface area (Å²) in [6.45, 7) is 3.13. The SMILES string of the molecule is CCc1nnc(NC(=O)CN2C(=O)N[C@@](C)(c3ccc(OC)cc3)C2=O)s1. The molecule has 1 atom stereocenters. The molecular weight excluding hydrogens is 370 g/mol. The highest BCUT2D eigenvalue weighted by Gasteiger charge is 2.49. The van der Waals surface area contributed by atoms with E-state index in [1.165, 1.54) is 11.3 Å². The van der Waals surface area contributed by atoms with Gasteiger partial charge >= 0.3 is 6.03 Å². The second-order valence-electron chi connectivity index (χ2n) is 6.08. The number of aromatic nitrogens is 2. The highest BCUT2D eigenvalue weighted by Crippen LogP contribution is 2.30. The van der Waals surface area contributed by atoms with Crippen LogP contribution in [0.3, 0.4) is 0 Å². The zero-order valence-electron chi connectivity index (χ0n) is 15.1. The molecule has 1 aliphatic heterocycles. The van der Waals surface area contributed by atoms with Gasteiger partial charge in [-0.15, -0.1) is 10.2 Å². The predicted octanol–water partition coefficient (Wildman–Crippen LogP) is 1.51. The van der Waals surface area contributed by atoms with Crippen LogP contribution in [0.4, 0.5) is 9.93 Å². The summed E-state index contributed by atoms with van der Waals surface area (Å²) in [5.74, 6) is -0.380. The third-order valence-corrected chi connectivity index (χ3v) is 5.24. The zero-order chi connectivity index (χ0) is 19.6. The van der Waals surface area contributed by atoms with E-state index < -0.39 is 29.9 Å². The second kappa shape index (κ2) is 7.31. The average molecular weight is 389 g/mol. The van der Waals surface area contributed by atoms with Gasteiger partial charge in [-0.05, 0) is 31.0 Å². The van der Waals surface area contributed by atoms with Gasteiger partial charge in [0.05, 0.1) is 7.11 Å². The van der Waals surface area contributed by atoms with Gasteiger partial charge in [0.15, 0.2) is 0 Å². The molecule has 9 nitrogen and oxygen atoms in total. The van der Waals surface area contributed by atoms with Gasteiger partial charge < -0.3 is 10.1 Å². The minimum absolute atomic E-state index is 0.335. The Balaban J connectivity index is 1.72. The number of carbonyl (C=O) groups is 3. The number of anilines is 1. The van der Waals surface area contributed by atoms with E-state index in [0.29, 0.717) is 22.9 Å². The lowest BCUT2D eigenvalue weighted by atomic mass is 9.92. The van der Waals surface area contributed by atoms with E-state index in [0.717, 1.165) is 9.91 Å². The molecule has 1 aromatic carbocycles. The number of methoxy groups -OCH3 is 1. The summed E-state index contributed by atoms with van der Waals surface area (Å²) in [7, 11) is 1.54. The molecule has 0 spiro atoms. The van der Waals surface area contributed by atoms with Gasteiger partial charge in [0.2, 0.25) is 11.0 Å². The molecule has 0 saturated carbocycles. The van der Waals surface area contributed by atoms with E-state index >= 15 is 0 Å². The van der Waals surface area contributed by atoms with Crippen molar-refractivity contribution in [1.82, 2.24) is 20.4 Å². The number of benzene rings is 1. The van der Waals surface area contributed by atoms with Crippen molar-refractivity contribution in [3.8, 4) is 5.75 Å². The van der Waals surface area contributed by atoms with E-state index in [1.54, 1.807) is 38.3 Å². The fourth-order valence-corrected chi connectivity index (χ4v) is 3.41. The lowest BCUT2D eigenvalue weighted by molar-refractivity contribution is -0.133. The summed E-state index contributed by atoms with van der Waals surface area (Å²) in [5.41, 5.74) is -0.650. The summed E-state index contributed by atoms with van der Waals surface area (Å²) in [4.78, 5) is 38.3. The molecule has 1 saturated heterocycles. The van der Waals surface area contributed by atoms with Crippen molar-refractivity contribution in [3.05, 3.63) is 34.8 Å². The summed E-state index contributed by atoms with van der Waals surface area (Å²) in [6.07, 6.45) is 0.709. The molecule has 142 valence electrons. The molecule has 0 aliphatic carbocycles. The molecule has 3 rings (SSSR count). The van der Waals surface area contributed by atoms with E-state index in [9.17, 15) is 14.4 Å². The Bertz CT molecular complexity index is 882. The number of amides is 4. The van der Waals surface area contributed by atoms with Crippen molar-refractivity contribution in [2.45, 2.75) is 25.8 Å². The van der Waals surface area contributed by atoms with Crippen LogP contribution in [0, 0.1) is 0 Å². The first-order valence-electron chi connectivity index (χ1n) is 8.28. The molecule has 1 aliphatic rings. The van der Waals surface area contributed by atoms with Gasteiger partial charge in [0, 0.05) is 0 Å². The number of imide groups is 1. The average Bonchev–Trinajstić information content (AvgIpc) is 3.20. The number of hydrogen-bond acceptors (Lipinski definition) is 7. The molecule has 0 radical (unpaired) electrons. The third-order valence-electron chi connectivity index (χ3n) is 4.26. The number of hydrogen-bond donors (Lipinski definition) is 2. The van der Waals surface area contributed by atoms with Gasteiger partial charge in [-0.25, -0.2) is 4.79 Å². The number of rotatable bonds is 6. The summed E-state index contributed by atoms with van der Waals surface area (Å²) < 4.78 is 5.11. The first kappa shape index (κ1) is 18.8. The largest absolute Gasteiger partial charge is 0.497 e. The van der Waals surface area contributed by atoms with Crippen molar-refractivity contribution in [1.29, 1.82) is 0 Å². The zero-order valence-corrected chi connectivity index (χ0v) is 15.9. The van der Waals surface area contributed by atoms with Crippen molar-refractivity contribution in [3.63, 3.8) is 0 Å². The molecular formula is C17H19N5O4S. The minimum Gasteiger partial charge on any atom is -0.497 e. The van der Waals surface area contributed by atoms with Gasteiger partial charge in [-0.2, -0.15) is 0 Å². The maximum atomic E-state index is 12.8. The lowest BCUT2D eigenvalue weighted by Gasteiger charge is -2.22. The molecule has 0 unspecified atom stereocenters. The Morgan fingerprint density at radius 2 is 2.00 bits per heavy atom. The standard InChI is InChI=1S/C17H19N5O4S/c1-4-13-20-21-15(27-13)18-12(23)9-22-14(24)17(2,19-16(22)25)10-5-7-11(26-3)8-6-10/h5-8H,4,9H2,1-3H3,(H,19,25)(H,18,21,23)/t17-/m0/s1. The Hall–Kier alpha value is -3.01. The van der Waals surface area contributed by atoms with Crippen molar-refractivity contribution in [2.75, 3.05) is 19.0 Å². The quantitative estimate of drug-likeness (QED) is 0.724.